The van der Waals surface area contributed by atoms with Gasteiger partial charge in [0.2, 0.25) is 0 Å². The quantitative estimate of drug-likeness (QED) is 0.780. The number of para-hydroxylation sites is 1. The van der Waals surface area contributed by atoms with Crippen LogP contribution in [-0.4, -0.2) is 29.0 Å². The summed E-state index contributed by atoms with van der Waals surface area (Å²) in [5, 5.41) is 3.95. The van der Waals surface area contributed by atoms with Gasteiger partial charge >= 0.3 is 5.97 Å². The number of benzene rings is 1. The van der Waals surface area contributed by atoms with Crippen LogP contribution in [0.2, 0.25) is 0 Å². The predicted octanol–water partition coefficient (Wildman–Crippen LogP) is 3.86. The lowest BCUT2D eigenvalue weighted by molar-refractivity contribution is -0.155. The molecule has 0 radical (unpaired) electrons. The maximum atomic E-state index is 12.3. The minimum absolute atomic E-state index is 0.195. The van der Waals surface area contributed by atoms with E-state index >= 15 is 0 Å². The summed E-state index contributed by atoms with van der Waals surface area (Å²) in [7, 11) is 0. The summed E-state index contributed by atoms with van der Waals surface area (Å²) in [5.74, 6) is -0.0738. The summed E-state index contributed by atoms with van der Waals surface area (Å²) in [6.07, 6.45) is 4.53. The topological polar surface area (TPSA) is 68.3 Å². The van der Waals surface area contributed by atoms with Gasteiger partial charge in [0, 0.05) is 12.5 Å². The highest BCUT2D eigenvalue weighted by Gasteiger charge is 2.26. The Balaban J connectivity index is 1.45. The van der Waals surface area contributed by atoms with Crippen LogP contribution in [0.5, 0.6) is 0 Å². The Hall–Kier alpha value is -1.95. The third-order valence-corrected chi connectivity index (χ3v) is 6.09. The largest absolute Gasteiger partial charge is 0.453 e. The predicted molar refractivity (Wildman–Crippen MR) is 103 cm³/mol. The summed E-state index contributed by atoms with van der Waals surface area (Å²) in [5.41, 5.74) is 0.954. The number of thiazole rings is 1. The van der Waals surface area contributed by atoms with Crippen molar-refractivity contribution in [3.8, 4) is 0 Å². The van der Waals surface area contributed by atoms with Crippen molar-refractivity contribution < 1.29 is 14.3 Å². The number of fused-ring (bicyclic) bond motifs is 1. The highest BCUT2D eigenvalue weighted by atomic mass is 32.1. The molecule has 1 fully saturated rings. The van der Waals surface area contributed by atoms with Gasteiger partial charge in [-0.3, -0.25) is 9.59 Å². The molecule has 6 heteroatoms. The first-order valence-electron chi connectivity index (χ1n) is 9.37. The van der Waals surface area contributed by atoms with Crippen molar-refractivity contribution in [1.82, 2.24) is 10.3 Å². The molecule has 1 N–H and O–H groups in total. The zero-order valence-corrected chi connectivity index (χ0v) is 16.2. The van der Waals surface area contributed by atoms with Crippen molar-refractivity contribution >= 4 is 33.4 Å². The Morgan fingerprint density at radius 3 is 2.85 bits per heavy atom. The molecule has 1 aromatic carbocycles. The lowest BCUT2D eigenvalue weighted by Crippen LogP contribution is -2.46. The SMILES string of the molecule is C[C@@H]1CCCC[C@H]1NC(=O)[C@@H](C)OC(=O)CCc1nc2ccccc2s1. The Labute approximate surface area is 158 Å². The second kappa shape index (κ2) is 8.62. The molecular weight excluding hydrogens is 348 g/mol. The minimum Gasteiger partial charge on any atom is -0.453 e. The van der Waals surface area contributed by atoms with Gasteiger partial charge in [0.1, 0.15) is 0 Å². The van der Waals surface area contributed by atoms with Gasteiger partial charge in [0.25, 0.3) is 5.91 Å². The Morgan fingerprint density at radius 1 is 1.31 bits per heavy atom. The lowest BCUT2D eigenvalue weighted by Gasteiger charge is -2.30. The molecule has 0 spiro atoms. The summed E-state index contributed by atoms with van der Waals surface area (Å²) < 4.78 is 6.43. The van der Waals surface area contributed by atoms with Crippen LogP contribution < -0.4 is 5.32 Å². The number of carbonyl (C=O) groups is 2. The van der Waals surface area contributed by atoms with Crippen LogP contribution >= 0.6 is 11.3 Å². The van der Waals surface area contributed by atoms with E-state index in [9.17, 15) is 9.59 Å². The molecule has 1 aliphatic carbocycles. The van der Waals surface area contributed by atoms with E-state index in [1.807, 2.05) is 24.3 Å². The lowest BCUT2D eigenvalue weighted by atomic mass is 9.86. The Bertz CT molecular complexity index is 740. The molecule has 1 saturated carbocycles. The average Bonchev–Trinajstić information content (AvgIpc) is 3.05. The first kappa shape index (κ1) is 18.8. The van der Waals surface area contributed by atoms with Crippen molar-refractivity contribution in [3.63, 3.8) is 0 Å². The molecule has 1 aliphatic rings. The summed E-state index contributed by atoms with van der Waals surface area (Å²) in [4.78, 5) is 28.9. The monoisotopic (exact) mass is 374 g/mol. The van der Waals surface area contributed by atoms with Crippen molar-refractivity contribution in [3.05, 3.63) is 29.3 Å². The van der Waals surface area contributed by atoms with Crippen molar-refractivity contribution in [2.45, 2.75) is 64.5 Å². The van der Waals surface area contributed by atoms with Gasteiger partial charge in [-0.1, -0.05) is 31.9 Å². The zero-order valence-electron chi connectivity index (χ0n) is 15.4. The first-order valence-corrected chi connectivity index (χ1v) is 10.2. The number of nitrogens with zero attached hydrogens (tertiary/aromatic N) is 1. The van der Waals surface area contributed by atoms with Crippen molar-refractivity contribution in [1.29, 1.82) is 0 Å². The van der Waals surface area contributed by atoms with E-state index in [4.69, 9.17) is 4.74 Å². The minimum atomic E-state index is -0.757. The average molecular weight is 375 g/mol. The maximum Gasteiger partial charge on any atom is 0.306 e. The number of hydrogen-bond donors (Lipinski definition) is 1. The summed E-state index contributed by atoms with van der Waals surface area (Å²) >= 11 is 1.59. The molecule has 1 amide bonds. The molecule has 140 valence electrons. The molecule has 0 unspecified atom stereocenters. The summed E-state index contributed by atoms with van der Waals surface area (Å²) in [6.45, 7) is 3.80. The van der Waals surface area contributed by atoms with E-state index < -0.39 is 6.10 Å². The number of carbonyl (C=O) groups excluding carboxylic acids is 2. The summed E-state index contributed by atoms with van der Waals surface area (Å²) in [6, 6.07) is 8.11. The molecular formula is C20H26N2O3S. The van der Waals surface area contributed by atoms with Crippen LogP contribution in [0.4, 0.5) is 0 Å². The third-order valence-electron chi connectivity index (χ3n) is 5.00. The Kier molecular flexibility index (Phi) is 6.25. The molecule has 1 heterocycles. The van der Waals surface area contributed by atoms with Crippen LogP contribution in [-0.2, 0) is 20.7 Å². The number of ether oxygens (including phenoxy) is 1. The first-order chi connectivity index (χ1) is 12.5. The van der Waals surface area contributed by atoms with E-state index in [-0.39, 0.29) is 24.3 Å². The van der Waals surface area contributed by atoms with Gasteiger partial charge in [0.15, 0.2) is 6.10 Å². The van der Waals surface area contributed by atoms with Crippen LogP contribution in [0.3, 0.4) is 0 Å². The third kappa shape index (κ3) is 4.81. The molecule has 0 saturated heterocycles. The van der Waals surface area contributed by atoms with Gasteiger partial charge in [0.05, 0.1) is 21.6 Å². The van der Waals surface area contributed by atoms with Crippen LogP contribution in [0.25, 0.3) is 10.2 Å². The van der Waals surface area contributed by atoms with E-state index in [2.05, 4.69) is 17.2 Å². The number of aromatic nitrogens is 1. The highest BCUT2D eigenvalue weighted by Crippen LogP contribution is 2.24. The van der Waals surface area contributed by atoms with Crippen LogP contribution in [0, 0.1) is 5.92 Å². The van der Waals surface area contributed by atoms with Gasteiger partial charge in [-0.05, 0) is 37.8 Å². The van der Waals surface area contributed by atoms with Gasteiger partial charge in [-0.15, -0.1) is 11.3 Å². The molecule has 0 aliphatic heterocycles. The number of aryl methyl sites for hydroxylation is 1. The standard InChI is InChI=1S/C20H26N2O3S/c1-13-7-3-4-8-15(13)22-20(24)14(2)25-19(23)12-11-18-21-16-9-5-6-10-17(16)26-18/h5-6,9-10,13-15H,3-4,7-8,11-12H2,1-2H3,(H,22,24)/t13-,14-,15-/m1/s1. The molecule has 5 nitrogen and oxygen atoms in total. The molecule has 2 aromatic rings. The van der Waals surface area contributed by atoms with Crippen LogP contribution in [0.1, 0.15) is 51.0 Å². The molecule has 3 rings (SSSR count). The van der Waals surface area contributed by atoms with Gasteiger partial charge < -0.3 is 10.1 Å². The fraction of sp³-hybridized carbons (Fsp3) is 0.550. The molecule has 0 bridgehead atoms. The molecule has 1 aromatic heterocycles. The van der Waals surface area contributed by atoms with Gasteiger partial charge in [-0.25, -0.2) is 4.98 Å². The number of rotatable bonds is 6. The maximum absolute atomic E-state index is 12.3. The zero-order chi connectivity index (χ0) is 18.5. The van der Waals surface area contributed by atoms with E-state index in [1.165, 1.54) is 6.42 Å². The van der Waals surface area contributed by atoms with Crippen molar-refractivity contribution in [2.24, 2.45) is 5.92 Å². The normalized spacial score (nSPS) is 21.3. The van der Waals surface area contributed by atoms with Crippen LogP contribution in [0.15, 0.2) is 24.3 Å². The second-order valence-electron chi connectivity index (χ2n) is 7.08. The fourth-order valence-electron chi connectivity index (χ4n) is 3.38. The van der Waals surface area contributed by atoms with E-state index in [1.54, 1.807) is 18.3 Å². The molecule has 3 atom stereocenters. The fourth-order valence-corrected chi connectivity index (χ4v) is 4.34. The molecule has 26 heavy (non-hydrogen) atoms. The van der Waals surface area contributed by atoms with E-state index in [0.29, 0.717) is 12.3 Å². The smallest absolute Gasteiger partial charge is 0.306 e. The highest BCUT2D eigenvalue weighted by molar-refractivity contribution is 7.18. The van der Waals surface area contributed by atoms with E-state index in [0.717, 1.165) is 34.5 Å². The van der Waals surface area contributed by atoms with Crippen molar-refractivity contribution in [2.75, 3.05) is 0 Å². The van der Waals surface area contributed by atoms with Gasteiger partial charge in [-0.2, -0.15) is 0 Å². The Morgan fingerprint density at radius 2 is 2.08 bits per heavy atom. The second-order valence-corrected chi connectivity index (χ2v) is 8.20. The number of esters is 1. The number of nitrogens with one attached hydrogen (secondary N) is 1. The number of amides is 1. The number of hydrogen-bond acceptors (Lipinski definition) is 5.